The lowest BCUT2D eigenvalue weighted by atomic mass is 10.1. The third-order valence-corrected chi connectivity index (χ3v) is 3.32. The van der Waals surface area contributed by atoms with E-state index in [1.54, 1.807) is 18.0 Å². The highest BCUT2D eigenvalue weighted by molar-refractivity contribution is 5.76. The molecule has 1 atom stereocenters. The number of nitrogens with zero attached hydrogens (tertiary/aromatic N) is 2. The van der Waals surface area contributed by atoms with Crippen molar-refractivity contribution in [2.75, 3.05) is 26.8 Å². The van der Waals surface area contributed by atoms with E-state index in [0.29, 0.717) is 31.7 Å². The van der Waals surface area contributed by atoms with Gasteiger partial charge in [-0.3, -0.25) is 4.79 Å². The third kappa shape index (κ3) is 4.05. The smallest absolute Gasteiger partial charge is 0.224 e. The average Bonchev–Trinajstić information content (AvgIpc) is 2.48. The highest BCUT2D eigenvalue weighted by Gasteiger charge is 2.19. The quantitative estimate of drug-likeness (QED) is 0.885. The van der Waals surface area contributed by atoms with Crippen LogP contribution in [0.3, 0.4) is 0 Å². The molecule has 5 heteroatoms. The molecule has 2 rings (SSSR count). The normalized spacial score (nSPS) is 18.3. The number of rotatable bonds is 4. The molecule has 1 aromatic rings. The second-order valence-corrected chi connectivity index (χ2v) is 4.99. The molecule has 1 aromatic carbocycles. The minimum Gasteiger partial charge on any atom is -0.378 e. The van der Waals surface area contributed by atoms with Crippen molar-refractivity contribution in [1.29, 1.82) is 5.26 Å². The molecule has 1 heterocycles. The molecule has 1 saturated heterocycles. The lowest BCUT2D eigenvalue weighted by Crippen LogP contribution is -2.44. The molecular weight excluding hydrogens is 254 g/mol. The van der Waals surface area contributed by atoms with Gasteiger partial charge in [0, 0.05) is 32.6 Å². The molecule has 0 bridgehead atoms. The maximum atomic E-state index is 12.1. The Morgan fingerprint density at radius 2 is 2.45 bits per heavy atom. The van der Waals surface area contributed by atoms with Crippen molar-refractivity contribution in [2.45, 2.75) is 19.0 Å². The van der Waals surface area contributed by atoms with E-state index in [9.17, 15) is 4.79 Å². The van der Waals surface area contributed by atoms with Crippen LogP contribution < -0.4 is 5.32 Å². The van der Waals surface area contributed by atoms with Crippen LogP contribution in [0.15, 0.2) is 24.3 Å². The number of benzene rings is 1. The van der Waals surface area contributed by atoms with Crippen molar-refractivity contribution in [3.05, 3.63) is 35.4 Å². The number of carbonyl (C=O) groups is 1. The molecule has 1 amide bonds. The van der Waals surface area contributed by atoms with Crippen LogP contribution in [0.4, 0.5) is 0 Å². The molecule has 1 unspecified atom stereocenters. The number of hydrogen-bond acceptors (Lipinski definition) is 4. The number of nitrogens with one attached hydrogen (secondary N) is 1. The van der Waals surface area contributed by atoms with Gasteiger partial charge in [-0.05, 0) is 17.7 Å². The number of morpholine rings is 1. The van der Waals surface area contributed by atoms with E-state index in [0.717, 1.165) is 12.1 Å². The Morgan fingerprint density at radius 1 is 1.60 bits per heavy atom. The van der Waals surface area contributed by atoms with Gasteiger partial charge in [0.2, 0.25) is 5.91 Å². The Labute approximate surface area is 119 Å². The molecule has 5 nitrogen and oxygen atoms in total. The summed E-state index contributed by atoms with van der Waals surface area (Å²) in [6.45, 7) is 2.61. The predicted molar refractivity (Wildman–Crippen MR) is 74.9 cm³/mol. The molecule has 0 radical (unpaired) electrons. The van der Waals surface area contributed by atoms with Gasteiger partial charge in [-0.15, -0.1) is 0 Å². The predicted octanol–water partition coefficient (Wildman–Crippen LogP) is 0.895. The Morgan fingerprint density at radius 3 is 3.15 bits per heavy atom. The fourth-order valence-electron chi connectivity index (χ4n) is 2.22. The molecule has 0 aliphatic carbocycles. The largest absolute Gasteiger partial charge is 0.378 e. The summed E-state index contributed by atoms with van der Waals surface area (Å²) < 4.78 is 5.34. The second kappa shape index (κ2) is 7.04. The van der Waals surface area contributed by atoms with Gasteiger partial charge < -0.3 is 15.0 Å². The van der Waals surface area contributed by atoms with Gasteiger partial charge in [-0.25, -0.2) is 0 Å². The van der Waals surface area contributed by atoms with Crippen LogP contribution in [0, 0.1) is 11.3 Å². The summed E-state index contributed by atoms with van der Waals surface area (Å²) in [5.41, 5.74) is 1.58. The second-order valence-electron chi connectivity index (χ2n) is 4.99. The molecule has 0 saturated carbocycles. The topological polar surface area (TPSA) is 65.4 Å². The van der Waals surface area contributed by atoms with Gasteiger partial charge in [0.15, 0.2) is 0 Å². The first-order valence-electron chi connectivity index (χ1n) is 6.73. The van der Waals surface area contributed by atoms with Gasteiger partial charge >= 0.3 is 0 Å². The Bertz CT molecular complexity index is 504. The molecule has 0 aromatic heterocycles. The zero-order chi connectivity index (χ0) is 14.4. The number of carbonyl (C=O) groups excluding carboxylic acids is 1. The highest BCUT2D eigenvalue weighted by atomic mass is 16.5. The van der Waals surface area contributed by atoms with Gasteiger partial charge in [-0.1, -0.05) is 12.1 Å². The Kier molecular flexibility index (Phi) is 5.10. The van der Waals surface area contributed by atoms with Crippen LogP contribution in [0.5, 0.6) is 0 Å². The number of ether oxygens (including phenoxy) is 1. The maximum absolute atomic E-state index is 12.1. The van der Waals surface area contributed by atoms with E-state index in [4.69, 9.17) is 10.00 Å². The van der Waals surface area contributed by atoms with Crippen molar-refractivity contribution in [3.8, 4) is 6.07 Å². The van der Waals surface area contributed by atoms with Crippen LogP contribution in [0.2, 0.25) is 0 Å². The van der Waals surface area contributed by atoms with E-state index in [1.165, 1.54) is 0 Å². The molecule has 20 heavy (non-hydrogen) atoms. The molecule has 1 N–H and O–H groups in total. The zero-order valence-corrected chi connectivity index (χ0v) is 11.6. The number of nitriles is 1. The molecule has 1 aliphatic heterocycles. The minimum atomic E-state index is 0.0790. The van der Waals surface area contributed by atoms with Crippen LogP contribution in [0.1, 0.15) is 17.5 Å². The molecule has 106 valence electrons. The van der Waals surface area contributed by atoms with Gasteiger partial charge in [-0.2, -0.15) is 5.26 Å². The molecule has 1 aliphatic rings. The highest BCUT2D eigenvalue weighted by Crippen LogP contribution is 2.09. The SMILES string of the molecule is CN(Cc1cccc(C#N)c1)C(=O)CC1COCCN1. The van der Waals surface area contributed by atoms with E-state index in [1.807, 2.05) is 18.2 Å². The average molecular weight is 273 g/mol. The number of hydrogen-bond donors (Lipinski definition) is 1. The summed E-state index contributed by atoms with van der Waals surface area (Å²) in [6, 6.07) is 9.54. The van der Waals surface area contributed by atoms with Crippen LogP contribution in [-0.4, -0.2) is 43.7 Å². The van der Waals surface area contributed by atoms with Gasteiger partial charge in [0.1, 0.15) is 0 Å². The van der Waals surface area contributed by atoms with Crippen molar-refractivity contribution in [2.24, 2.45) is 0 Å². The fourth-order valence-corrected chi connectivity index (χ4v) is 2.22. The summed E-state index contributed by atoms with van der Waals surface area (Å²) in [5, 5.41) is 12.1. The summed E-state index contributed by atoms with van der Waals surface area (Å²) >= 11 is 0. The van der Waals surface area contributed by atoms with Gasteiger partial charge in [0.25, 0.3) is 0 Å². The van der Waals surface area contributed by atoms with Crippen molar-refractivity contribution in [3.63, 3.8) is 0 Å². The van der Waals surface area contributed by atoms with E-state index in [-0.39, 0.29) is 11.9 Å². The Balaban J connectivity index is 1.88. The van der Waals surface area contributed by atoms with Crippen LogP contribution in [-0.2, 0) is 16.1 Å². The van der Waals surface area contributed by atoms with Crippen LogP contribution >= 0.6 is 0 Å². The molecule has 0 spiro atoms. The van der Waals surface area contributed by atoms with Crippen molar-refractivity contribution in [1.82, 2.24) is 10.2 Å². The lowest BCUT2D eigenvalue weighted by Gasteiger charge is -2.25. The van der Waals surface area contributed by atoms with Crippen molar-refractivity contribution < 1.29 is 9.53 Å². The van der Waals surface area contributed by atoms with E-state index in [2.05, 4.69) is 11.4 Å². The summed E-state index contributed by atoms with van der Waals surface area (Å²) in [7, 11) is 1.78. The monoisotopic (exact) mass is 273 g/mol. The molecule has 1 fully saturated rings. The van der Waals surface area contributed by atoms with Crippen LogP contribution in [0.25, 0.3) is 0 Å². The standard InChI is InChI=1S/C15H19N3O2/c1-18(10-13-4-2-3-12(7-13)9-16)15(19)8-14-11-20-6-5-17-14/h2-4,7,14,17H,5-6,8,10-11H2,1H3. The van der Waals surface area contributed by atoms with Crippen molar-refractivity contribution >= 4 is 5.91 Å². The first-order chi connectivity index (χ1) is 9.69. The lowest BCUT2D eigenvalue weighted by molar-refractivity contribution is -0.131. The zero-order valence-electron chi connectivity index (χ0n) is 11.6. The summed E-state index contributed by atoms with van der Waals surface area (Å²) in [5.74, 6) is 0.0790. The third-order valence-electron chi connectivity index (χ3n) is 3.32. The number of amides is 1. The van der Waals surface area contributed by atoms with E-state index < -0.39 is 0 Å². The maximum Gasteiger partial charge on any atom is 0.224 e. The summed E-state index contributed by atoms with van der Waals surface area (Å²) in [4.78, 5) is 13.8. The van der Waals surface area contributed by atoms with E-state index >= 15 is 0 Å². The summed E-state index contributed by atoms with van der Waals surface area (Å²) in [6.07, 6.45) is 0.439. The minimum absolute atomic E-state index is 0.0790. The fraction of sp³-hybridized carbons (Fsp3) is 0.467. The Hall–Kier alpha value is -1.90. The van der Waals surface area contributed by atoms with Gasteiger partial charge in [0.05, 0.1) is 24.8 Å². The first-order valence-corrected chi connectivity index (χ1v) is 6.73. The molecular formula is C15H19N3O2. The first kappa shape index (κ1) is 14.5.